The summed E-state index contributed by atoms with van der Waals surface area (Å²) < 4.78 is 4.93. The third kappa shape index (κ3) is 3.76. The number of methoxy groups -OCH3 is 1. The van der Waals surface area contributed by atoms with Crippen molar-refractivity contribution in [3.05, 3.63) is 0 Å². The van der Waals surface area contributed by atoms with Gasteiger partial charge in [0.25, 0.3) is 0 Å². The zero-order chi connectivity index (χ0) is 5.70. The molecule has 0 aliphatic heterocycles. The second-order valence-corrected chi connectivity index (χ2v) is 1.60. The van der Waals surface area contributed by atoms with Crippen molar-refractivity contribution in [2.75, 3.05) is 20.7 Å². The van der Waals surface area contributed by atoms with Crippen LogP contribution in [0.3, 0.4) is 0 Å². The molecule has 1 atom stereocenters. The first-order valence-corrected chi connectivity index (χ1v) is 2.48. The molecule has 7 heavy (non-hydrogen) atoms. The largest absolute Gasteiger partial charge is 0.380 e. The second-order valence-electron chi connectivity index (χ2n) is 1.60. The van der Waals surface area contributed by atoms with Gasteiger partial charge < -0.3 is 10.1 Å². The van der Waals surface area contributed by atoms with E-state index in [1.807, 2.05) is 14.0 Å². The topological polar surface area (TPSA) is 21.3 Å². The summed E-state index contributed by atoms with van der Waals surface area (Å²) in [4.78, 5) is 0. The molecule has 0 aliphatic carbocycles. The minimum Gasteiger partial charge on any atom is -0.380 e. The van der Waals surface area contributed by atoms with Crippen LogP contribution in [0.4, 0.5) is 0 Å². The second kappa shape index (κ2) is 4.09. The van der Waals surface area contributed by atoms with Gasteiger partial charge in [-0.25, -0.2) is 0 Å². The van der Waals surface area contributed by atoms with Crippen LogP contribution in [0, 0.1) is 0 Å². The van der Waals surface area contributed by atoms with Gasteiger partial charge in [0.2, 0.25) is 0 Å². The maximum absolute atomic E-state index is 4.93. The smallest absolute Gasteiger partial charge is 0.0667 e. The molecule has 44 valence electrons. The lowest BCUT2D eigenvalue weighted by Crippen LogP contribution is -2.21. The van der Waals surface area contributed by atoms with Gasteiger partial charge in [-0.15, -0.1) is 0 Å². The summed E-state index contributed by atoms with van der Waals surface area (Å²) in [6.07, 6.45) is 0.338. The van der Waals surface area contributed by atoms with Gasteiger partial charge in [0.05, 0.1) is 6.10 Å². The van der Waals surface area contributed by atoms with Crippen molar-refractivity contribution in [3.63, 3.8) is 0 Å². The Morgan fingerprint density at radius 3 is 2.43 bits per heavy atom. The highest BCUT2D eigenvalue weighted by Crippen LogP contribution is 1.80. The van der Waals surface area contributed by atoms with Gasteiger partial charge in [-0.05, 0) is 14.0 Å². The Morgan fingerprint density at radius 2 is 2.29 bits per heavy atom. The van der Waals surface area contributed by atoms with Gasteiger partial charge in [0, 0.05) is 13.7 Å². The van der Waals surface area contributed by atoms with Crippen molar-refractivity contribution in [1.29, 1.82) is 0 Å². The van der Waals surface area contributed by atoms with Gasteiger partial charge in [0.1, 0.15) is 0 Å². The summed E-state index contributed by atoms with van der Waals surface area (Å²) in [6.45, 7) is 2.95. The van der Waals surface area contributed by atoms with Crippen LogP contribution in [0.15, 0.2) is 0 Å². The molecule has 0 aliphatic rings. The van der Waals surface area contributed by atoms with E-state index in [9.17, 15) is 0 Å². The molecule has 0 aromatic heterocycles. The molecule has 1 N–H and O–H groups in total. The highest BCUT2D eigenvalue weighted by Gasteiger charge is 1.92. The van der Waals surface area contributed by atoms with Gasteiger partial charge in [-0.1, -0.05) is 0 Å². The summed E-state index contributed by atoms with van der Waals surface area (Å²) in [5.74, 6) is 0. The van der Waals surface area contributed by atoms with E-state index in [1.165, 1.54) is 0 Å². The SMILES string of the molecule is CNC[C@@H](C)OC. The van der Waals surface area contributed by atoms with Crippen LogP contribution >= 0.6 is 0 Å². The first kappa shape index (κ1) is 6.92. The summed E-state index contributed by atoms with van der Waals surface area (Å²) in [5.41, 5.74) is 0. The number of nitrogens with one attached hydrogen (secondary N) is 1. The number of likely N-dealkylation sites (N-methyl/N-ethyl adjacent to an activating group) is 1. The summed E-state index contributed by atoms with van der Waals surface area (Å²) in [7, 11) is 3.62. The van der Waals surface area contributed by atoms with Crippen molar-refractivity contribution < 1.29 is 4.74 Å². The van der Waals surface area contributed by atoms with E-state index in [1.54, 1.807) is 7.11 Å². The van der Waals surface area contributed by atoms with E-state index in [0.29, 0.717) is 6.10 Å². The Morgan fingerprint density at radius 1 is 1.71 bits per heavy atom. The summed E-state index contributed by atoms with van der Waals surface area (Å²) >= 11 is 0. The van der Waals surface area contributed by atoms with Crippen LogP contribution in [0.25, 0.3) is 0 Å². The van der Waals surface area contributed by atoms with Crippen molar-refractivity contribution in [2.45, 2.75) is 13.0 Å². The first-order valence-electron chi connectivity index (χ1n) is 2.48. The molecular formula is C5H13NO. The number of hydrogen-bond acceptors (Lipinski definition) is 2. The minimum absolute atomic E-state index is 0.338. The Hall–Kier alpha value is -0.0800. The predicted molar refractivity (Wildman–Crippen MR) is 30.4 cm³/mol. The molecule has 0 heterocycles. The molecule has 0 amide bonds. The molecule has 0 fully saturated rings. The van der Waals surface area contributed by atoms with Gasteiger partial charge >= 0.3 is 0 Å². The van der Waals surface area contributed by atoms with Crippen molar-refractivity contribution in [1.82, 2.24) is 5.32 Å². The van der Waals surface area contributed by atoms with Crippen molar-refractivity contribution >= 4 is 0 Å². The third-order valence-corrected chi connectivity index (χ3v) is 0.894. The lowest BCUT2D eigenvalue weighted by atomic mass is 10.4. The predicted octanol–water partition coefficient (Wildman–Crippen LogP) is 0.241. The minimum atomic E-state index is 0.338. The Bertz CT molecular complexity index is 39.1. The molecule has 0 unspecified atom stereocenters. The van der Waals surface area contributed by atoms with E-state index < -0.39 is 0 Å². The lowest BCUT2D eigenvalue weighted by molar-refractivity contribution is 0.119. The van der Waals surface area contributed by atoms with Gasteiger partial charge in [-0.3, -0.25) is 0 Å². The third-order valence-electron chi connectivity index (χ3n) is 0.894. The normalized spacial score (nSPS) is 14.1. The summed E-state index contributed by atoms with van der Waals surface area (Å²) in [5, 5.41) is 2.99. The fourth-order valence-electron chi connectivity index (χ4n) is 0.371. The monoisotopic (exact) mass is 103 g/mol. The molecule has 0 saturated heterocycles. The standard InChI is InChI=1S/C5H13NO/c1-5(7-3)4-6-2/h5-6H,4H2,1-3H3/t5-/m1/s1. The van der Waals surface area contributed by atoms with Gasteiger partial charge in [0.15, 0.2) is 0 Å². The molecule has 0 aromatic carbocycles. The van der Waals surface area contributed by atoms with Crippen molar-refractivity contribution in [3.8, 4) is 0 Å². The Balaban J connectivity index is 2.83. The van der Waals surface area contributed by atoms with Crippen LogP contribution in [0.2, 0.25) is 0 Å². The fourth-order valence-corrected chi connectivity index (χ4v) is 0.371. The Kier molecular flexibility index (Phi) is 4.04. The molecular weight excluding hydrogens is 90.1 g/mol. The molecule has 2 nitrogen and oxygen atoms in total. The molecule has 0 radical (unpaired) electrons. The molecule has 0 bridgehead atoms. The molecule has 0 saturated carbocycles. The average molecular weight is 103 g/mol. The molecule has 2 heteroatoms. The van der Waals surface area contributed by atoms with Crippen LogP contribution < -0.4 is 5.32 Å². The maximum atomic E-state index is 4.93. The van der Waals surface area contributed by atoms with Crippen molar-refractivity contribution in [2.24, 2.45) is 0 Å². The lowest BCUT2D eigenvalue weighted by Gasteiger charge is -2.05. The van der Waals surface area contributed by atoms with Gasteiger partial charge in [-0.2, -0.15) is 0 Å². The molecule has 0 rings (SSSR count). The summed E-state index contributed by atoms with van der Waals surface area (Å²) in [6, 6.07) is 0. The Labute approximate surface area is 44.9 Å². The van der Waals surface area contributed by atoms with E-state index in [4.69, 9.17) is 4.74 Å². The van der Waals surface area contributed by atoms with Crippen LogP contribution in [0.5, 0.6) is 0 Å². The molecule has 0 spiro atoms. The van der Waals surface area contributed by atoms with E-state index in [0.717, 1.165) is 6.54 Å². The first-order chi connectivity index (χ1) is 3.31. The van der Waals surface area contributed by atoms with Crippen LogP contribution in [-0.4, -0.2) is 26.8 Å². The highest BCUT2D eigenvalue weighted by atomic mass is 16.5. The zero-order valence-electron chi connectivity index (χ0n) is 5.19. The average Bonchev–Trinajstić information content (AvgIpc) is 1.68. The van der Waals surface area contributed by atoms with Crippen LogP contribution in [0.1, 0.15) is 6.92 Å². The number of hydrogen-bond donors (Lipinski definition) is 1. The number of rotatable bonds is 3. The fraction of sp³-hybridized carbons (Fsp3) is 1.00. The molecule has 0 aromatic rings. The van der Waals surface area contributed by atoms with E-state index in [2.05, 4.69) is 5.32 Å². The maximum Gasteiger partial charge on any atom is 0.0667 e. The van der Waals surface area contributed by atoms with Crippen LogP contribution in [-0.2, 0) is 4.74 Å². The quantitative estimate of drug-likeness (QED) is 0.552. The highest BCUT2D eigenvalue weighted by molar-refractivity contribution is 4.48. The zero-order valence-corrected chi connectivity index (χ0v) is 5.19. The number of ether oxygens (including phenoxy) is 1. The van der Waals surface area contributed by atoms with E-state index >= 15 is 0 Å². The van der Waals surface area contributed by atoms with E-state index in [-0.39, 0.29) is 0 Å².